The molecule has 0 spiro atoms. The van der Waals surface area contributed by atoms with Crippen molar-refractivity contribution in [2.75, 3.05) is 7.11 Å². The average Bonchev–Trinajstić information content (AvgIpc) is 2.95. The van der Waals surface area contributed by atoms with Crippen molar-refractivity contribution < 1.29 is 9.53 Å². The second-order valence-electron chi connectivity index (χ2n) is 8.34. The number of hydrogen-bond acceptors (Lipinski definition) is 2. The van der Waals surface area contributed by atoms with E-state index >= 15 is 0 Å². The first-order valence-electron chi connectivity index (χ1n) is 11.6. The molecule has 1 aliphatic rings. The lowest BCUT2D eigenvalue weighted by atomic mass is 9.78. The van der Waals surface area contributed by atoms with Crippen LogP contribution in [0.5, 0.6) is 0 Å². The number of amides is 1. The van der Waals surface area contributed by atoms with Gasteiger partial charge in [0.05, 0.1) is 5.71 Å². The molecule has 0 aromatic heterocycles. The van der Waals surface area contributed by atoms with Crippen LogP contribution in [0, 0.1) is 0 Å². The van der Waals surface area contributed by atoms with Gasteiger partial charge in [-0.15, -0.1) is 0 Å². The number of allylic oxidation sites excluding steroid dienone is 2. The van der Waals surface area contributed by atoms with E-state index in [1.807, 2.05) is 97.1 Å². The van der Waals surface area contributed by atoms with Gasteiger partial charge in [0, 0.05) is 23.8 Å². The molecule has 0 atom stereocenters. The molecular formula is C32H25NO2. The van der Waals surface area contributed by atoms with Crippen molar-refractivity contribution in [3.8, 4) is 0 Å². The summed E-state index contributed by atoms with van der Waals surface area (Å²) in [5, 5.41) is 0. The molecule has 0 bridgehead atoms. The Balaban J connectivity index is 1.79. The molecule has 0 unspecified atom stereocenters. The Bertz CT molecular complexity index is 1340. The van der Waals surface area contributed by atoms with Gasteiger partial charge in [-0.1, -0.05) is 109 Å². The van der Waals surface area contributed by atoms with E-state index in [0.29, 0.717) is 11.3 Å². The lowest BCUT2D eigenvalue weighted by Crippen LogP contribution is -2.30. The van der Waals surface area contributed by atoms with Crippen molar-refractivity contribution in [1.29, 1.82) is 0 Å². The Morgan fingerprint density at radius 2 is 1.06 bits per heavy atom. The molecule has 0 aliphatic heterocycles. The highest BCUT2D eigenvalue weighted by Gasteiger charge is 2.36. The van der Waals surface area contributed by atoms with Crippen LogP contribution >= 0.6 is 0 Å². The van der Waals surface area contributed by atoms with Gasteiger partial charge in [0.25, 0.3) is 5.91 Å². The second-order valence-corrected chi connectivity index (χ2v) is 8.34. The van der Waals surface area contributed by atoms with E-state index in [-0.39, 0.29) is 5.91 Å². The number of nitrogens with zero attached hydrogens (tertiary/aromatic N) is 1. The van der Waals surface area contributed by atoms with Gasteiger partial charge in [-0.25, -0.2) is 4.99 Å². The molecule has 4 aromatic rings. The standard InChI is InChI=1S/C32H25NO2/c1-35-32(27-20-12-5-13-21-27)22-28(24-14-6-2-7-15-24)30(29(23-32)25-16-8-3-9-17-25)33-31(34)26-18-10-4-11-19-26/h2-23H,1H3. The smallest absolute Gasteiger partial charge is 0.277 e. The van der Waals surface area contributed by atoms with Crippen LogP contribution in [0.1, 0.15) is 27.0 Å². The summed E-state index contributed by atoms with van der Waals surface area (Å²) in [6, 6.07) is 39.3. The van der Waals surface area contributed by atoms with Crippen LogP contribution < -0.4 is 0 Å². The summed E-state index contributed by atoms with van der Waals surface area (Å²) in [5.74, 6) is -0.283. The van der Waals surface area contributed by atoms with E-state index in [9.17, 15) is 4.79 Å². The maximum Gasteiger partial charge on any atom is 0.277 e. The van der Waals surface area contributed by atoms with Gasteiger partial charge in [0.2, 0.25) is 0 Å². The number of ether oxygens (including phenoxy) is 1. The molecule has 0 heterocycles. The highest BCUT2D eigenvalue weighted by Crippen LogP contribution is 2.41. The maximum absolute atomic E-state index is 13.3. The molecule has 1 aliphatic carbocycles. The van der Waals surface area contributed by atoms with Gasteiger partial charge < -0.3 is 4.74 Å². The quantitative estimate of drug-likeness (QED) is 0.325. The third-order valence-electron chi connectivity index (χ3n) is 6.19. The summed E-state index contributed by atoms with van der Waals surface area (Å²) >= 11 is 0. The van der Waals surface area contributed by atoms with Crippen LogP contribution in [0.25, 0.3) is 11.1 Å². The maximum atomic E-state index is 13.3. The van der Waals surface area contributed by atoms with Crippen LogP contribution in [0.15, 0.2) is 138 Å². The summed E-state index contributed by atoms with van der Waals surface area (Å²) in [7, 11) is 1.71. The van der Waals surface area contributed by atoms with Crippen molar-refractivity contribution in [3.05, 3.63) is 156 Å². The second kappa shape index (κ2) is 9.88. The first-order chi connectivity index (χ1) is 17.2. The molecule has 35 heavy (non-hydrogen) atoms. The van der Waals surface area contributed by atoms with Crippen LogP contribution in [0.3, 0.4) is 0 Å². The third-order valence-corrected chi connectivity index (χ3v) is 6.19. The van der Waals surface area contributed by atoms with E-state index in [1.54, 1.807) is 19.2 Å². The lowest BCUT2D eigenvalue weighted by molar-refractivity contribution is 0.0732. The van der Waals surface area contributed by atoms with Crippen LogP contribution in [-0.4, -0.2) is 18.7 Å². The van der Waals surface area contributed by atoms with Gasteiger partial charge >= 0.3 is 0 Å². The van der Waals surface area contributed by atoms with Gasteiger partial charge in [0.15, 0.2) is 0 Å². The van der Waals surface area contributed by atoms with Crippen LogP contribution in [-0.2, 0) is 10.3 Å². The molecule has 3 heteroatoms. The minimum Gasteiger partial charge on any atom is -0.365 e. The third kappa shape index (κ3) is 4.54. The van der Waals surface area contributed by atoms with E-state index in [4.69, 9.17) is 9.73 Å². The highest BCUT2D eigenvalue weighted by atomic mass is 16.5. The molecule has 4 aromatic carbocycles. The van der Waals surface area contributed by atoms with Crippen LogP contribution in [0.2, 0.25) is 0 Å². The minimum absolute atomic E-state index is 0.283. The molecule has 0 saturated heterocycles. The number of methoxy groups -OCH3 is 1. The van der Waals surface area contributed by atoms with Crippen molar-refractivity contribution >= 4 is 22.8 Å². The predicted molar refractivity (Wildman–Crippen MR) is 142 cm³/mol. The van der Waals surface area contributed by atoms with Gasteiger partial charge in [0.1, 0.15) is 5.60 Å². The van der Waals surface area contributed by atoms with Gasteiger partial charge in [-0.05, 0) is 41.0 Å². The Kier molecular flexibility index (Phi) is 6.34. The Labute approximate surface area is 205 Å². The first-order valence-corrected chi connectivity index (χ1v) is 11.6. The highest BCUT2D eigenvalue weighted by molar-refractivity contribution is 6.47. The normalized spacial score (nSPS) is 17.3. The summed E-state index contributed by atoms with van der Waals surface area (Å²) in [6.07, 6.45) is 4.14. The molecule has 0 saturated carbocycles. The molecule has 0 fully saturated rings. The Morgan fingerprint density at radius 3 is 1.51 bits per heavy atom. The van der Waals surface area contributed by atoms with Gasteiger partial charge in [-0.2, -0.15) is 0 Å². The predicted octanol–water partition coefficient (Wildman–Crippen LogP) is 6.99. The van der Waals surface area contributed by atoms with Crippen molar-refractivity contribution in [1.82, 2.24) is 0 Å². The average molecular weight is 456 g/mol. The van der Waals surface area contributed by atoms with Crippen molar-refractivity contribution in [2.24, 2.45) is 4.99 Å². The van der Waals surface area contributed by atoms with E-state index < -0.39 is 5.60 Å². The fourth-order valence-electron chi connectivity index (χ4n) is 4.40. The molecular weight excluding hydrogens is 430 g/mol. The monoisotopic (exact) mass is 455 g/mol. The summed E-state index contributed by atoms with van der Waals surface area (Å²) in [4.78, 5) is 18.0. The Hall–Kier alpha value is -4.34. The summed E-state index contributed by atoms with van der Waals surface area (Å²) in [6.45, 7) is 0. The molecule has 170 valence electrons. The van der Waals surface area contributed by atoms with E-state index in [1.165, 1.54) is 0 Å². The lowest BCUT2D eigenvalue weighted by Gasteiger charge is -2.34. The largest absolute Gasteiger partial charge is 0.365 e. The number of rotatable bonds is 5. The minimum atomic E-state index is -0.827. The van der Waals surface area contributed by atoms with Crippen molar-refractivity contribution in [3.63, 3.8) is 0 Å². The molecule has 5 rings (SSSR count). The summed E-state index contributed by atoms with van der Waals surface area (Å²) in [5.41, 5.74) is 4.97. The van der Waals surface area contributed by atoms with E-state index in [0.717, 1.165) is 27.8 Å². The van der Waals surface area contributed by atoms with Gasteiger partial charge in [-0.3, -0.25) is 4.79 Å². The first kappa shape index (κ1) is 22.5. The SMILES string of the molecule is COC1(c2ccccc2)C=C(c2ccccc2)C(=NC(=O)c2ccccc2)C(c2ccccc2)=C1. The number of carbonyl (C=O) groups is 1. The Morgan fingerprint density at radius 1 is 0.629 bits per heavy atom. The number of aliphatic imine (C=N–C) groups is 1. The van der Waals surface area contributed by atoms with E-state index in [2.05, 4.69) is 24.3 Å². The van der Waals surface area contributed by atoms with Crippen molar-refractivity contribution in [2.45, 2.75) is 5.60 Å². The number of carbonyl (C=O) groups excluding carboxylic acids is 1. The number of benzene rings is 4. The molecule has 1 amide bonds. The zero-order valence-corrected chi connectivity index (χ0v) is 19.5. The number of hydrogen-bond donors (Lipinski definition) is 0. The topological polar surface area (TPSA) is 38.7 Å². The van der Waals surface area contributed by atoms with Crippen LogP contribution in [0.4, 0.5) is 0 Å². The zero-order chi connectivity index (χ0) is 24.1. The summed E-state index contributed by atoms with van der Waals surface area (Å²) < 4.78 is 6.21. The molecule has 0 N–H and O–H groups in total. The fourth-order valence-corrected chi connectivity index (χ4v) is 4.40. The molecule has 0 radical (unpaired) electrons. The molecule has 3 nitrogen and oxygen atoms in total. The fraction of sp³-hybridized carbons (Fsp3) is 0.0625. The zero-order valence-electron chi connectivity index (χ0n) is 19.5.